The van der Waals surface area contributed by atoms with Gasteiger partial charge in [-0.1, -0.05) is 0 Å². The third-order valence-electron chi connectivity index (χ3n) is 3.42. The Labute approximate surface area is 103 Å². The summed E-state index contributed by atoms with van der Waals surface area (Å²) in [4.78, 5) is 2.35. The third-order valence-corrected chi connectivity index (χ3v) is 3.42. The molecule has 94 valence electrons. The predicted molar refractivity (Wildman–Crippen MR) is 69.9 cm³/mol. The highest BCUT2D eigenvalue weighted by Gasteiger charge is 2.37. The van der Waals surface area contributed by atoms with E-state index in [4.69, 9.17) is 0 Å². The van der Waals surface area contributed by atoms with Crippen LogP contribution in [0.2, 0.25) is 0 Å². The minimum absolute atomic E-state index is 0.0490. The fraction of sp³-hybridized carbons (Fsp3) is 0.571. The summed E-state index contributed by atoms with van der Waals surface area (Å²) in [6.45, 7) is 10.7. The van der Waals surface area contributed by atoms with E-state index in [1.54, 1.807) is 0 Å². The van der Waals surface area contributed by atoms with Gasteiger partial charge in [-0.25, -0.2) is 4.39 Å². The van der Waals surface area contributed by atoms with Crippen LogP contribution in [0.15, 0.2) is 24.3 Å². The summed E-state index contributed by atoms with van der Waals surface area (Å²) in [6, 6.07) is 6.78. The summed E-state index contributed by atoms with van der Waals surface area (Å²) in [6.07, 6.45) is 0. The first-order valence-corrected chi connectivity index (χ1v) is 6.08. The highest BCUT2D eigenvalue weighted by Crippen LogP contribution is 2.29. The molecule has 0 amide bonds. The van der Waals surface area contributed by atoms with Gasteiger partial charge < -0.3 is 10.2 Å². The lowest BCUT2D eigenvalue weighted by molar-refractivity contribution is 0.261. The number of piperazine rings is 1. The molecule has 0 spiro atoms. The molecule has 0 aromatic heterocycles. The maximum absolute atomic E-state index is 13.0. The van der Waals surface area contributed by atoms with E-state index in [9.17, 15) is 4.39 Å². The molecular weight excluding hydrogens is 215 g/mol. The van der Waals surface area contributed by atoms with E-state index in [0.29, 0.717) is 0 Å². The van der Waals surface area contributed by atoms with Crippen molar-refractivity contribution >= 4 is 5.69 Å². The normalized spacial score (nSPS) is 22.5. The summed E-state index contributed by atoms with van der Waals surface area (Å²) in [5, 5.41) is 3.54. The number of benzene rings is 1. The average molecular weight is 236 g/mol. The van der Waals surface area contributed by atoms with Crippen LogP contribution in [0.4, 0.5) is 10.1 Å². The topological polar surface area (TPSA) is 15.3 Å². The standard InChI is InChI=1S/C14H21FN2/c1-13(2)10-17(14(3,4)9-16-13)12-7-5-11(15)6-8-12/h5-8,16H,9-10H2,1-4H3. The zero-order valence-corrected chi connectivity index (χ0v) is 11.0. The molecule has 3 heteroatoms. The first kappa shape index (κ1) is 12.4. The molecule has 1 aliphatic rings. The molecule has 1 aromatic rings. The number of nitrogens with one attached hydrogen (secondary N) is 1. The molecule has 0 radical (unpaired) electrons. The number of halogens is 1. The number of hydrogen-bond donors (Lipinski definition) is 1. The fourth-order valence-electron chi connectivity index (χ4n) is 2.28. The van der Waals surface area contributed by atoms with E-state index in [1.165, 1.54) is 12.1 Å². The zero-order valence-electron chi connectivity index (χ0n) is 11.0. The molecule has 0 unspecified atom stereocenters. The van der Waals surface area contributed by atoms with Crippen molar-refractivity contribution in [2.75, 3.05) is 18.0 Å². The van der Waals surface area contributed by atoms with Gasteiger partial charge in [0.2, 0.25) is 0 Å². The Morgan fingerprint density at radius 3 is 2.29 bits per heavy atom. The van der Waals surface area contributed by atoms with E-state index in [0.717, 1.165) is 18.8 Å². The summed E-state index contributed by atoms with van der Waals surface area (Å²) >= 11 is 0. The number of anilines is 1. The molecule has 2 rings (SSSR count). The molecule has 0 aliphatic carbocycles. The predicted octanol–water partition coefficient (Wildman–Crippen LogP) is 2.79. The Kier molecular flexibility index (Phi) is 2.90. The molecule has 0 atom stereocenters. The van der Waals surface area contributed by atoms with Gasteiger partial charge in [-0.3, -0.25) is 0 Å². The van der Waals surface area contributed by atoms with Crippen molar-refractivity contribution in [3.63, 3.8) is 0 Å². The number of hydrogen-bond acceptors (Lipinski definition) is 2. The van der Waals surface area contributed by atoms with Gasteiger partial charge in [0.15, 0.2) is 0 Å². The van der Waals surface area contributed by atoms with Crippen LogP contribution < -0.4 is 10.2 Å². The van der Waals surface area contributed by atoms with Crippen LogP contribution in [0.1, 0.15) is 27.7 Å². The number of rotatable bonds is 1. The van der Waals surface area contributed by atoms with E-state index >= 15 is 0 Å². The molecule has 1 heterocycles. The lowest BCUT2D eigenvalue weighted by Crippen LogP contribution is -2.66. The van der Waals surface area contributed by atoms with Crippen molar-refractivity contribution in [1.29, 1.82) is 0 Å². The molecule has 0 saturated carbocycles. The van der Waals surface area contributed by atoms with Crippen LogP contribution in [-0.4, -0.2) is 24.2 Å². The van der Waals surface area contributed by atoms with Crippen molar-refractivity contribution in [2.24, 2.45) is 0 Å². The molecule has 17 heavy (non-hydrogen) atoms. The van der Waals surface area contributed by atoms with E-state index < -0.39 is 0 Å². The smallest absolute Gasteiger partial charge is 0.123 e. The highest BCUT2D eigenvalue weighted by atomic mass is 19.1. The zero-order chi connectivity index (χ0) is 12.7. The lowest BCUT2D eigenvalue weighted by atomic mass is 9.91. The Bertz CT molecular complexity index is 395. The average Bonchev–Trinajstić information content (AvgIpc) is 2.24. The molecule has 2 nitrogen and oxygen atoms in total. The van der Waals surface area contributed by atoms with Crippen LogP contribution in [0.5, 0.6) is 0 Å². The molecule has 1 N–H and O–H groups in total. The van der Waals surface area contributed by atoms with Gasteiger partial charge >= 0.3 is 0 Å². The van der Waals surface area contributed by atoms with E-state index in [-0.39, 0.29) is 16.9 Å². The summed E-state index contributed by atoms with van der Waals surface area (Å²) in [5.41, 5.74) is 1.23. The van der Waals surface area contributed by atoms with Gasteiger partial charge in [-0.05, 0) is 52.0 Å². The van der Waals surface area contributed by atoms with Crippen LogP contribution in [0.25, 0.3) is 0 Å². The minimum Gasteiger partial charge on any atom is -0.363 e. The Hall–Kier alpha value is -1.09. The van der Waals surface area contributed by atoms with Gasteiger partial charge in [-0.15, -0.1) is 0 Å². The molecule has 1 aromatic carbocycles. The first-order chi connectivity index (χ1) is 7.80. The largest absolute Gasteiger partial charge is 0.363 e. The Balaban J connectivity index is 2.30. The maximum atomic E-state index is 13.0. The third kappa shape index (κ3) is 2.60. The highest BCUT2D eigenvalue weighted by molar-refractivity contribution is 5.50. The second-order valence-corrected chi connectivity index (χ2v) is 6.11. The van der Waals surface area contributed by atoms with Crippen LogP contribution >= 0.6 is 0 Å². The van der Waals surface area contributed by atoms with Crippen molar-refractivity contribution in [3.05, 3.63) is 30.1 Å². The lowest BCUT2D eigenvalue weighted by Gasteiger charge is -2.51. The Morgan fingerprint density at radius 2 is 1.71 bits per heavy atom. The summed E-state index contributed by atoms with van der Waals surface area (Å²) in [7, 11) is 0. The van der Waals surface area contributed by atoms with Crippen LogP contribution in [0, 0.1) is 5.82 Å². The monoisotopic (exact) mass is 236 g/mol. The molecular formula is C14H21FN2. The summed E-state index contributed by atoms with van der Waals surface area (Å²) in [5.74, 6) is -0.180. The van der Waals surface area contributed by atoms with Crippen molar-refractivity contribution in [2.45, 2.75) is 38.8 Å². The second kappa shape index (κ2) is 3.98. The van der Waals surface area contributed by atoms with Gasteiger partial charge in [-0.2, -0.15) is 0 Å². The van der Waals surface area contributed by atoms with Crippen molar-refractivity contribution < 1.29 is 4.39 Å². The summed E-state index contributed by atoms with van der Waals surface area (Å²) < 4.78 is 13.0. The van der Waals surface area contributed by atoms with Gasteiger partial charge in [0.1, 0.15) is 5.82 Å². The SMILES string of the molecule is CC1(C)CN(c2ccc(F)cc2)C(C)(C)CN1. The van der Waals surface area contributed by atoms with Gasteiger partial charge in [0.25, 0.3) is 0 Å². The van der Waals surface area contributed by atoms with Crippen molar-refractivity contribution in [1.82, 2.24) is 5.32 Å². The number of nitrogens with zero attached hydrogens (tertiary/aromatic N) is 1. The van der Waals surface area contributed by atoms with Gasteiger partial charge in [0, 0.05) is 29.9 Å². The molecule has 0 bridgehead atoms. The molecule has 1 saturated heterocycles. The van der Waals surface area contributed by atoms with Crippen LogP contribution in [0.3, 0.4) is 0 Å². The maximum Gasteiger partial charge on any atom is 0.123 e. The molecule has 1 aliphatic heterocycles. The van der Waals surface area contributed by atoms with Crippen molar-refractivity contribution in [3.8, 4) is 0 Å². The van der Waals surface area contributed by atoms with E-state index in [1.807, 2.05) is 12.1 Å². The quantitative estimate of drug-likeness (QED) is 0.806. The van der Waals surface area contributed by atoms with Gasteiger partial charge in [0.05, 0.1) is 0 Å². The molecule has 1 fully saturated rings. The first-order valence-electron chi connectivity index (χ1n) is 6.08. The Morgan fingerprint density at radius 1 is 1.12 bits per heavy atom. The second-order valence-electron chi connectivity index (χ2n) is 6.11. The fourth-order valence-corrected chi connectivity index (χ4v) is 2.28. The van der Waals surface area contributed by atoms with Crippen LogP contribution in [-0.2, 0) is 0 Å². The minimum atomic E-state index is -0.180. The van der Waals surface area contributed by atoms with E-state index in [2.05, 4.69) is 37.9 Å².